The first-order chi connectivity index (χ1) is 11.2. The zero-order valence-electron chi connectivity index (χ0n) is 13.6. The Morgan fingerprint density at radius 2 is 1.71 bits per heavy atom. The molecule has 9 heteroatoms. The monoisotopic (exact) mass is 388 g/mol. The molecule has 0 radical (unpaired) electrons. The van der Waals surface area contributed by atoms with Gasteiger partial charge in [-0.05, 0) is 29.9 Å². The number of amidine groups is 2. The van der Waals surface area contributed by atoms with Crippen molar-refractivity contribution >= 4 is 43.7 Å². The van der Waals surface area contributed by atoms with Crippen molar-refractivity contribution in [1.29, 1.82) is 10.8 Å². The van der Waals surface area contributed by atoms with Crippen LogP contribution in [-0.4, -0.2) is 42.3 Å². The minimum Gasteiger partial charge on any atom is -0.379 e. The Bertz CT molecular complexity index is 660. The Morgan fingerprint density at radius 1 is 1.12 bits per heavy atom. The molecule has 0 spiro atoms. The van der Waals surface area contributed by atoms with Gasteiger partial charge in [0.05, 0.1) is 5.75 Å². The Hall–Kier alpha value is -1.19. The minimum atomic E-state index is -3.02. The van der Waals surface area contributed by atoms with Crippen molar-refractivity contribution < 1.29 is 8.42 Å². The highest BCUT2D eigenvalue weighted by Crippen LogP contribution is 2.25. The van der Waals surface area contributed by atoms with Crippen LogP contribution in [0.5, 0.6) is 0 Å². The van der Waals surface area contributed by atoms with Gasteiger partial charge < -0.3 is 11.5 Å². The van der Waals surface area contributed by atoms with E-state index in [1.807, 2.05) is 24.3 Å². The van der Waals surface area contributed by atoms with Crippen LogP contribution in [0.3, 0.4) is 0 Å². The number of benzene rings is 1. The molecule has 6 nitrogen and oxygen atoms in total. The van der Waals surface area contributed by atoms with Gasteiger partial charge in [-0.1, -0.05) is 47.8 Å². The van der Waals surface area contributed by atoms with E-state index in [4.69, 9.17) is 22.3 Å². The molecule has 0 amide bonds. The summed E-state index contributed by atoms with van der Waals surface area (Å²) in [5.41, 5.74) is 12.9. The second kappa shape index (κ2) is 9.95. The topological polar surface area (TPSA) is 134 Å². The van der Waals surface area contributed by atoms with Gasteiger partial charge in [0.15, 0.2) is 10.3 Å². The Labute approximate surface area is 152 Å². The third kappa shape index (κ3) is 9.19. The Balaban J connectivity index is 2.73. The number of hydrogen-bond acceptors (Lipinski definition) is 6. The van der Waals surface area contributed by atoms with E-state index in [1.165, 1.54) is 29.8 Å². The molecule has 134 valence electrons. The second-order valence-corrected chi connectivity index (χ2v) is 9.95. The highest BCUT2D eigenvalue weighted by atomic mass is 32.2. The number of thioether (sulfide) groups is 2. The van der Waals surface area contributed by atoms with E-state index in [0.717, 1.165) is 23.3 Å². The smallest absolute Gasteiger partial charge is 0.151 e. The first-order valence-corrected chi connectivity index (χ1v) is 11.4. The molecule has 1 aromatic rings. The van der Waals surface area contributed by atoms with Crippen LogP contribution in [-0.2, 0) is 16.3 Å². The summed E-state index contributed by atoms with van der Waals surface area (Å²) in [5.74, 6) is 1.50. The lowest BCUT2D eigenvalue weighted by molar-refractivity contribution is 0.594. The van der Waals surface area contributed by atoms with Gasteiger partial charge >= 0.3 is 0 Å². The van der Waals surface area contributed by atoms with Gasteiger partial charge in [-0.25, -0.2) is 8.42 Å². The molecule has 24 heavy (non-hydrogen) atoms. The highest BCUT2D eigenvalue weighted by Gasteiger charge is 2.15. The summed E-state index contributed by atoms with van der Waals surface area (Å²) >= 11 is 2.54. The number of hydrogen-bond donors (Lipinski definition) is 4. The molecule has 1 atom stereocenters. The van der Waals surface area contributed by atoms with E-state index in [9.17, 15) is 8.42 Å². The van der Waals surface area contributed by atoms with E-state index in [0.29, 0.717) is 12.2 Å². The van der Waals surface area contributed by atoms with Crippen LogP contribution in [0.4, 0.5) is 0 Å². The molecular formula is C15H24N4O2S3. The van der Waals surface area contributed by atoms with Crippen LogP contribution in [0.2, 0.25) is 0 Å². The van der Waals surface area contributed by atoms with E-state index < -0.39 is 9.84 Å². The molecule has 1 aromatic carbocycles. The quantitative estimate of drug-likeness (QED) is 0.377. The lowest BCUT2D eigenvalue weighted by atomic mass is 9.97. The molecule has 6 N–H and O–H groups in total. The van der Waals surface area contributed by atoms with Crippen molar-refractivity contribution in [2.45, 2.75) is 18.8 Å². The van der Waals surface area contributed by atoms with Gasteiger partial charge in [0, 0.05) is 17.8 Å². The van der Waals surface area contributed by atoms with Crippen LogP contribution in [0.15, 0.2) is 24.3 Å². The molecule has 0 heterocycles. The summed E-state index contributed by atoms with van der Waals surface area (Å²) in [7, 11) is -3.02. The fourth-order valence-electron chi connectivity index (χ4n) is 2.13. The number of nitrogens with one attached hydrogen (secondary N) is 2. The summed E-state index contributed by atoms with van der Waals surface area (Å²) in [5, 5.41) is 14.7. The number of nitrogens with two attached hydrogens (primary N) is 2. The predicted molar refractivity (Wildman–Crippen MR) is 106 cm³/mol. The van der Waals surface area contributed by atoms with Crippen molar-refractivity contribution in [3.63, 3.8) is 0 Å². The molecule has 0 aliphatic heterocycles. The number of sulfone groups is 1. The molecule has 0 aliphatic carbocycles. The molecule has 1 rings (SSSR count). The molecular weight excluding hydrogens is 364 g/mol. The maximum absolute atomic E-state index is 11.4. The summed E-state index contributed by atoms with van der Waals surface area (Å²) < 4.78 is 22.9. The first kappa shape index (κ1) is 20.9. The van der Waals surface area contributed by atoms with Crippen molar-refractivity contribution in [3.05, 3.63) is 35.4 Å². The average molecular weight is 389 g/mol. The number of aryl methyl sites for hydroxylation is 1. The molecule has 0 unspecified atom stereocenters. The lowest BCUT2D eigenvalue weighted by Crippen LogP contribution is -2.13. The van der Waals surface area contributed by atoms with Gasteiger partial charge in [0.2, 0.25) is 0 Å². The van der Waals surface area contributed by atoms with E-state index in [1.54, 1.807) is 0 Å². The maximum atomic E-state index is 11.4. The minimum absolute atomic E-state index is 0.0364. The predicted octanol–water partition coefficient (Wildman–Crippen LogP) is 2.00. The largest absolute Gasteiger partial charge is 0.379 e. The third-order valence-corrected chi connectivity index (χ3v) is 5.95. The zero-order chi connectivity index (χ0) is 18.2. The van der Waals surface area contributed by atoms with Gasteiger partial charge in [0.1, 0.15) is 9.84 Å². The van der Waals surface area contributed by atoms with Crippen LogP contribution >= 0.6 is 23.5 Å². The van der Waals surface area contributed by atoms with Crippen molar-refractivity contribution in [2.75, 3.05) is 23.5 Å². The van der Waals surface area contributed by atoms with E-state index in [2.05, 4.69) is 0 Å². The van der Waals surface area contributed by atoms with Crippen molar-refractivity contribution in [2.24, 2.45) is 11.5 Å². The van der Waals surface area contributed by atoms with Gasteiger partial charge in [-0.15, -0.1) is 0 Å². The van der Waals surface area contributed by atoms with Crippen LogP contribution in [0, 0.1) is 10.8 Å². The van der Waals surface area contributed by atoms with Crippen LogP contribution < -0.4 is 11.5 Å². The molecule has 0 aromatic heterocycles. The maximum Gasteiger partial charge on any atom is 0.151 e. The van der Waals surface area contributed by atoms with Crippen LogP contribution in [0.25, 0.3) is 0 Å². The number of rotatable bonds is 9. The fourth-order valence-corrected chi connectivity index (χ4v) is 4.14. The summed E-state index contributed by atoms with van der Waals surface area (Å²) in [6.07, 6.45) is 2.57. The normalized spacial score (nSPS) is 12.7. The molecule has 0 aliphatic rings. The van der Waals surface area contributed by atoms with Crippen molar-refractivity contribution in [1.82, 2.24) is 0 Å². The van der Waals surface area contributed by atoms with E-state index in [-0.39, 0.29) is 22.0 Å². The summed E-state index contributed by atoms with van der Waals surface area (Å²) in [4.78, 5) is 0. The molecule has 0 bridgehead atoms. The molecule has 0 saturated heterocycles. The Morgan fingerprint density at radius 3 is 2.21 bits per heavy atom. The van der Waals surface area contributed by atoms with Crippen molar-refractivity contribution in [3.8, 4) is 0 Å². The fraction of sp³-hybridized carbons (Fsp3) is 0.467. The van der Waals surface area contributed by atoms with Crippen LogP contribution in [0.1, 0.15) is 23.5 Å². The third-order valence-electron chi connectivity index (χ3n) is 3.38. The highest BCUT2D eigenvalue weighted by molar-refractivity contribution is 8.13. The summed E-state index contributed by atoms with van der Waals surface area (Å²) in [6, 6.07) is 8.03. The average Bonchev–Trinajstić information content (AvgIpc) is 2.46. The lowest BCUT2D eigenvalue weighted by Gasteiger charge is -2.17. The van der Waals surface area contributed by atoms with Gasteiger partial charge in [-0.2, -0.15) is 0 Å². The second-order valence-electron chi connectivity index (χ2n) is 5.50. The molecule has 0 saturated carbocycles. The van der Waals surface area contributed by atoms with Gasteiger partial charge in [0.25, 0.3) is 0 Å². The SMILES string of the molecule is CS(=O)(=O)CC[C@@H](CSC(=N)N)c1ccc(CCSC(=N)N)cc1. The summed E-state index contributed by atoms with van der Waals surface area (Å²) in [6.45, 7) is 0. The zero-order valence-corrected chi connectivity index (χ0v) is 16.1. The van der Waals surface area contributed by atoms with E-state index >= 15 is 0 Å². The Kier molecular flexibility index (Phi) is 8.65. The van der Waals surface area contributed by atoms with Gasteiger partial charge in [-0.3, -0.25) is 10.8 Å². The standard InChI is InChI=1S/C15H24N4O2S3/c1-24(20,21)9-7-13(10-23-15(18)19)12-4-2-11(3-5-12)6-8-22-14(16)17/h2-5,13H,6-10H2,1H3,(H3,16,17)(H3,18,19)/t13-/m0/s1. The first-order valence-electron chi connectivity index (χ1n) is 7.37. The molecule has 0 fully saturated rings.